The summed E-state index contributed by atoms with van der Waals surface area (Å²) in [7, 11) is 0. The number of hydrogen-bond donors (Lipinski definition) is 0. The monoisotopic (exact) mass is 193 g/mol. The number of hydrogen-bond acceptors (Lipinski definition) is 0. The van der Waals surface area contributed by atoms with Crippen molar-refractivity contribution >= 4 is 12.4 Å². The Bertz CT molecular complexity index is 168. The van der Waals surface area contributed by atoms with Crippen LogP contribution in [-0.2, 0) is 17.9 Å². The first-order valence-electron chi connectivity index (χ1n) is 3.38. The van der Waals surface area contributed by atoms with E-state index in [1.807, 2.05) is 0 Å². The van der Waals surface area contributed by atoms with Crippen LogP contribution >= 0.6 is 12.4 Å². The minimum absolute atomic E-state index is 0. The topological polar surface area (TPSA) is 0 Å². The molecule has 0 aromatic heterocycles. The Morgan fingerprint density at radius 1 is 1.40 bits per heavy atom. The van der Waals surface area contributed by atoms with E-state index < -0.39 is 17.9 Å². The molecular weight excluding hydrogens is 179 g/mol. The molecule has 0 atom stereocenters. The molecule has 1 rings (SSSR count). The van der Waals surface area contributed by atoms with E-state index in [1.165, 1.54) is 6.42 Å². The Hall–Kier alpha value is 0.484. The fourth-order valence-corrected chi connectivity index (χ4v) is 3.40. The maximum Gasteiger partial charge on any atom is -0.147 e. The standard InChI is InChI=1S/C6H7.2CH3.ClH.Ti/c1-6-4-2-3-5-6;;;;/h2,4H,3H2,1H3;2*1H3;1H;. The second kappa shape index (κ2) is 4.38. The predicted molar refractivity (Wildman–Crippen MR) is 45.4 cm³/mol. The Labute approximate surface area is 75.6 Å². The van der Waals surface area contributed by atoms with Crippen molar-refractivity contribution < 1.29 is 17.9 Å². The summed E-state index contributed by atoms with van der Waals surface area (Å²) in [4.78, 5) is 0. The van der Waals surface area contributed by atoms with E-state index in [0.29, 0.717) is 0 Å². The van der Waals surface area contributed by atoms with Crippen LogP contribution in [0.5, 0.6) is 0 Å². The average Bonchev–Trinajstić information content (AvgIpc) is 2.13. The van der Waals surface area contributed by atoms with Crippen LogP contribution in [0.3, 0.4) is 0 Å². The zero-order valence-electron chi connectivity index (χ0n) is 6.77. The van der Waals surface area contributed by atoms with Crippen LogP contribution in [0.1, 0.15) is 13.3 Å². The molecule has 0 amide bonds. The van der Waals surface area contributed by atoms with Crippen LogP contribution in [0.25, 0.3) is 0 Å². The van der Waals surface area contributed by atoms with Gasteiger partial charge in [0.05, 0.1) is 0 Å². The van der Waals surface area contributed by atoms with Gasteiger partial charge in [-0.15, -0.1) is 12.4 Å². The van der Waals surface area contributed by atoms with Gasteiger partial charge in [-0.2, -0.15) is 0 Å². The van der Waals surface area contributed by atoms with Crippen LogP contribution in [-0.4, -0.2) is 0 Å². The third-order valence-electron chi connectivity index (χ3n) is 1.77. The van der Waals surface area contributed by atoms with E-state index in [1.54, 1.807) is 9.45 Å². The summed E-state index contributed by atoms with van der Waals surface area (Å²) in [6.07, 6.45) is 5.80. The number of allylic oxidation sites excluding steroid dienone is 4. The van der Waals surface area contributed by atoms with Crippen molar-refractivity contribution in [1.29, 1.82) is 0 Å². The van der Waals surface area contributed by atoms with Crippen LogP contribution in [0.4, 0.5) is 0 Å². The predicted octanol–water partition coefficient (Wildman–Crippen LogP) is 3.36. The van der Waals surface area contributed by atoms with Crippen LogP contribution in [0.2, 0.25) is 10.5 Å². The smallest absolute Gasteiger partial charge is 0.147 e. The molecule has 0 unspecified atom stereocenters. The van der Waals surface area contributed by atoms with Gasteiger partial charge in [0.2, 0.25) is 0 Å². The number of halogens is 1. The minimum atomic E-state index is -0.704. The molecule has 2 heteroatoms. The molecule has 1 aliphatic carbocycles. The molecule has 0 N–H and O–H groups in total. The van der Waals surface area contributed by atoms with Gasteiger partial charge >= 0.3 is 63.3 Å². The molecule has 0 spiro atoms. The van der Waals surface area contributed by atoms with Crippen molar-refractivity contribution in [2.45, 2.75) is 23.8 Å². The molecule has 57 valence electrons. The van der Waals surface area contributed by atoms with E-state index in [-0.39, 0.29) is 12.4 Å². The molecule has 0 fully saturated rings. The summed E-state index contributed by atoms with van der Waals surface area (Å²) in [6, 6.07) is 0. The van der Waals surface area contributed by atoms with Crippen LogP contribution < -0.4 is 0 Å². The molecule has 0 aromatic rings. The van der Waals surface area contributed by atoms with Gasteiger partial charge in [0.15, 0.2) is 0 Å². The molecule has 0 aliphatic heterocycles. The Morgan fingerprint density at radius 2 is 2.00 bits per heavy atom. The SMILES string of the molecule is CC1=[C]([Ti]([CH3])[CH3])CC=C1.Cl. The van der Waals surface area contributed by atoms with Crippen molar-refractivity contribution in [3.8, 4) is 0 Å². The van der Waals surface area contributed by atoms with Crippen LogP contribution in [0.15, 0.2) is 21.6 Å². The van der Waals surface area contributed by atoms with Crippen molar-refractivity contribution in [1.82, 2.24) is 0 Å². The number of rotatable bonds is 1. The molecule has 0 heterocycles. The van der Waals surface area contributed by atoms with Crippen molar-refractivity contribution in [2.75, 3.05) is 0 Å². The van der Waals surface area contributed by atoms with Gasteiger partial charge in [-0.25, -0.2) is 0 Å². The van der Waals surface area contributed by atoms with Crippen LogP contribution in [0, 0.1) is 0 Å². The first-order chi connectivity index (χ1) is 4.22. The van der Waals surface area contributed by atoms with Crippen molar-refractivity contribution in [3.05, 3.63) is 21.6 Å². The Balaban J connectivity index is 0.000000810. The van der Waals surface area contributed by atoms with E-state index in [0.717, 1.165) is 0 Å². The van der Waals surface area contributed by atoms with E-state index >= 15 is 0 Å². The zero-order chi connectivity index (χ0) is 6.85. The summed E-state index contributed by atoms with van der Waals surface area (Å²) in [5.41, 5.74) is 1.55. The molecule has 0 nitrogen and oxygen atoms in total. The van der Waals surface area contributed by atoms with Gasteiger partial charge in [0.1, 0.15) is 0 Å². The molecule has 0 bridgehead atoms. The fraction of sp³-hybridized carbons (Fsp3) is 0.500. The summed E-state index contributed by atoms with van der Waals surface area (Å²) in [5, 5.41) is 4.84. The second-order valence-electron chi connectivity index (χ2n) is 2.77. The molecule has 0 radical (unpaired) electrons. The average molecular weight is 194 g/mol. The summed E-state index contributed by atoms with van der Waals surface area (Å²) >= 11 is -0.704. The second-order valence-corrected chi connectivity index (χ2v) is 6.83. The molecular formula is C8H14ClTi. The van der Waals surface area contributed by atoms with Gasteiger partial charge in [0.25, 0.3) is 0 Å². The normalized spacial score (nSPS) is 15.5. The third kappa shape index (κ3) is 2.27. The minimum Gasteiger partial charge on any atom is -0.147 e. The van der Waals surface area contributed by atoms with Gasteiger partial charge in [0, 0.05) is 0 Å². The Morgan fingerprint density at radius 3 is 2.20 bits per heavy atom. The van der Waals surface area contributed by atoms with E-state index in [2.05, 4.69) is 29.5 Å². The summed E-state index contributed by atoms with van der Waals surface area (Å²) < 4.78 is 1.77. The summed E-state index contributed by atoms with van der Waals surface area (Å²) in [6.45, 7) is 2.23. The molecule has 0 aromatic carbocycles. The van der Waals surface area contributed by atoms with E-state index in [4.69, 9.17) is 0 Å². The molecule has 1 aliphatic rings. The quantitative estimate of drug-likeness (QED) is 0.560. The van der Waals surface area contributed by atoms with Gasteiger partial charge < -0.3 is 0 Å². The van der Waals surface area contributed by atoms with E-state index in [9.17, 15) is 0 Å². The first-order valence-corrected chi connectivity index (χ1v) is 7.29. The van der Waals surface area contributed by atoms with Gasteiger partial charge in [-0.1, -0.05) is 0 Å². The Kier molecular flexibility index (Phi) is 4.59. The van der Waals surface area contributed by atoms with Gasteiger partial charge in [-0.3, -0.25) is 0 Å². The largest absolute Gasteiger partial charge is 0.147 e. The maximum absolute atomic E-state index is 2.42. The third-order valence-corrected chi connectivity index (χ3v) is 4.59. The molecule has 0 saturated carbocycles. The zero-order valence-corrected chi connectivity index (χ0v) is 9.15. The van der Waals surface area contributed by atoms with Crippen molar-refractivity contribution in [2.24, 2.45) is 0 Å². The maximum atomic E-state index is 2.42. The fourth-order valence-electron chi connectivity index (χ4n) is 1.21. The molecule has 10 heavy (non-hydrogen) atoms. The summed E-state index contributed by atoms with van der Waals surface area (Å²) in [5.74, 6) is 0. The molecule has 0 saturated heterocycles. The van der Waals surface area contributed by atoms with Gasteiger partial charge in [-0.05, 0) is 0 Å². The van der Waals surface area contributed by atoms with Crippen molar-refractivity contribution in [3.63, 3.8) is 0 Å². The first kappa shape index (κ1) is 10.5.